The lowest BCUT2D eigenvalue weighted by molar-refractivity contribution is -0.211. The molecule has 1 aromatic heterocycles. The minimum Gasteiger partial charge on any atom is -0.434 e. The summed E-state index contributed by atoms with van der Waals surface area (Å²) in [5, 5.41) is 6.87. The Kier molecular flexibility index (Phi) is 9.58. The van der Waals surface area contributed by atoms with Crippen molar-refractivity contribution < 1.29 is 39.9 Å². The van der Waals surface area contributed by atoms with Crippen molar-refractivity contribution >= 4 is 15.7 Å². The van der Waals surface area contributed by atoms with Gasteiger partial charge in [0.1, 0.15) is 15.6 Å². The van der Waals surface area contributed by atoms with Crippen molar-refractivity contribution in [2.75, 3.05) is 12.8 Å². The monoisotopic (exact) mass is 593 g/mol. The van der Waals surface area contributed by atoms with E-state index in [1.54, 1.807) is 13.8 Å². The number of benzene rings is 1. The highest BCUT2D eigenvalue weighted by atomic mass is 32.2. The number of rotatable bonds is 10. The van der Waals surface area contributed by atoms with E-state index in [4.69, 9.17) is 4.74 Å². The number of hydrogen-bond donors (Lipinski definition) is 1. The van der Waals surface area contributed by atoms with Crippen LogP contribution < -0.4 is 10.1 Å². The number of nitrogens with zero attached hydrogens (tertiary/aromatic N) is 2. The van der Waals surface area contributed by atoms with Gasteiger partial charge in [0.25, 0.3) is 5.91 Å². The zero-order valence-electron chi connectivity index (χ0n) is 23.2. The molecule has 7 nitrogen and oxygen atoms in total. The molecule has 1 N–H and O–H groups in total. The van der Waals surface area contributed by atoms with Crippen LogP contribution in [-0.4, -0.2) is 54.9 Å². The van der Waals surface area contributed by atoms with Crippen LogP contribution in [0.5, 0.6) is 5.75 Å². The maximum absolute atomic E-state index is 13.4. The second-order valence-corrected chi connectivity index (χ2v) is 13.4. The number of carbonyl (C=O) groups excluding carboxylic acids is 1. The van der Waals surface area contributed by atoms with E-state index in [1.807, 2.05) is 0 Å². The molecule has 2 aromatic rings. The van der Waals surface area contributed by atoms with Crippen molar-refractivity contribution in [3.63, 3.8) is 0 Å². The van der Waals surface area contributed by atoms with E-state index in [0.29, 0.717) is 43.5 Å². The van der Waals surface area contributed by atoms with Crippen molar-refractivity contribution in [2.24, 2.45) is 11.3 Å². The number of amides is 1. The second-order valence-electron chi connectivity index (χ2n) is 11.1. The van der Waals surface area contributed by atoms with E-state index < -0.39 is 40.4 Å². The number of hydrogen-bond acceptors (Lipinski definition) is 5. The standard InChI is InChI=1S/C27H36F5N3O4S/c1-6-35-23(20-12-9-18(13-21(20)39-25(28)29)14-26(3,4)27(30,31)32)16(2)22(34-35)24(36)33-15-17-7-10-19(11-8-17)40(5,37)38/h9,12-13,17,19,25H,6-8,10-11,14-15H2,1-5H3,(H,33,36). The lowest BCUT2D eigenvalue weighted by Crippen LogP contribution is -2.34. The minimum absolute atomic E-state index is 0.0898. The fourth-order valence-corrected chi connectivity index (χ4v) is 6.23. The molecule has 0 spiro atoms. The molecule has 1 amide bonds. The van der Waals surface area contributed by atoms with Gasteiger partial charge in [-0.1, -0.05) is 19.9 Å². The third-order valence-corrected chi connectivity index (χ3v) is 9.27. The molecule has 1 aliphatic carbocycles. The van der Waals surface area contributed by atoms with E-state index in [9.17, 15) is 35.2 Å². The molecule has 0 radical (unpaired) electrons. The molecule has 224 valence electrons. The summed E-state index contributed by atoms with van der Waals surface area (Å²) in [5.41, 5.74) is -0.898. The number of carbonyl (C=O) groups is 1. The zero-order valence-corrected chi connectivity index (χ0v) is 24.1. The van der Waals surface area contributed by atoms with Gasteiger partial charge in [-0.3, -0.25) is 9.48 Å². The SMILES string of the molecule is CCn1nc(C(=O)NCC2CCC(S(C)(=O)=O)CC2)c(C)c1-c1ccc(CC(C)(C)C(F)(F)F)cc1OC(F)F. The summed E-state index contributed by atoms with van der Waals surface area (Å²) >= 11 is 0. The maximum Gasteiger partial charge on any atom is 0.394 e. The van der Waals surface area contributed by atoms with Crippen LogP contribution in [0.4, 0.5) is 22.0 Å². The number of alkyl halides is 5. The Morgan fingerprint density at radius 2 is 1.80 bits per heavy atom. The van der Waals surface area contributed by atoms with Gasteiger partial charge in [-0.2, -0.15) is 27.1 Å². The molecule has 1 heterocycles. The molecule has 0 saturated heterocycles. The minimum atomic E-state index is -4.50. The fraction of sp³-hybridized carbons (Fsp3) is 0.630. The Balaban J connectivity index is 1.86. The normalized spacial score (nSPS) is 18.7. The average molecular weight is 594 g/mol. The van der Waals surface area contributed by atoms with Gasteiger partial charge in [-0.05, 0) is 69.6 Å². The lowest BCUT2D eigenvalue weighted by Gasteiger charge is -2.28. The summed E-state index contributed by atoms with van der Waals surface area (Å²) in [7, 11) is -3.10. The Morgan fingerprint density at radius 1 is 1.18 bits per heavy atom. The molecular weight excluding hydrogens is 557 g/mol. The molecule has 0 unspecified atom stereocenters. The van der Waals surface area contributed by atoms with Crippen molar-refractivity contribution in [3.05, 3.63) is 35.0 Å². The van der Waals surface area contributed by atoms with Gasteiger partial charge in [0, 0.05) is 30.5 Å². The Bertz CT molecular complexity index is 1310. The molecule has 1 aromatic carbocycles. The number of ether oxygens (including phenoxy) is 1. The van der Waals surface area contributed by atoms with Gasteiger partial charge >= 0.3 is 12.8 Å². The average Bonchev–Trinajstić information content (AvgIpc) is 3.17. The number of nitrogens with one attached hydrogen (secondary N) is 1. The molecule has 3 rings (SSSR count). The highest BCUT2D eigenvalue weighted by Crippen LogP contribution is 2.42. The van der Waals surface area contributed by atoms with E-state index in [0.717, 1.165) is 13.8 Å². The Labute approximate surface area is 231 Å². The lowest BCUT2D eigenvalue weighted by atomic mass is 9.84. The second kappa shape index (κ2) is 12.0. The first-order valence-electron chi connectivity index (χ1n) is 13.1. The largest absolute Gasteiger partial charge is 0.434 e. The molecule has 1 saturated carbocycles. The third-order valence-electron chi connectivity index (χ3n) is 7.59. The summed E-state index contributed by atoms with van der Waals surface area (Å²) < 4.78 is 96.7. The molecule has 0 aliphatic heterocycles. The van der Waals surface area contributed by atoms with Gasteiger partial charge in [0.15, 0.2) is 5.69 Å². The summed E-state index contributed by atoms with van der Waals surface area (Å²) in [6.07, 6.45) is -1.30. The van der Waals surface area contributed by atoms with Crippen LogP contribution in [0.3, 0.4) is 0 Å². The smallest absolute Gasteiger partial charge is 0.394 e. The molecule has 40 heavy (non-hydrogen) atoms. The van der Waals surface area contributed by atoms with Crippen LogP contribution in [0.25, 0.3) is 11.3 Å². The molecular formula is C27H36F5N3O4S. The van der Waals surface area contributed by atoms with Crippen LogP contribution in [0.2, 0.25) is 0 Å². The number of aromatic nitrogens is 2. The number of sulfone groups is 1. The topological polar surface area (TPSA) is 90.3 Å². The van der Waals surface area contributed by atoms with E-state index >= 15 is 0 Å². The quantitative estimate of drug-likeness (QED) is 0.344. The van der Waals surface area contributed by atoms with Gasteiger partial charge in [0.05, 0.1) is 16.4 Å². The highest BCUT2D eigenvalue weighted by Gasteiger charge is 2.47. The van der Waals surface area contributed by atoms with Gasteiger partial charge < -0.3 is 10.1 Å². The molecule has 1 fully saturated rings. The maximum atomic E-state index is 13.4. The first-order chi connectivity index (χ1) is 18.4. The van der Waals surface area contributed by atoms with Crippen LogP contribution in [0, 0.1) is 18.3 Å². The summed E-state index contributed by atoms with van der Waals surface area (Å²) in [4.78, 5) is 13.1. The summed E-state index contributed by atoms with van der Waals surface area (Å²) in [6.45, 7) is 2.85. The van der Waals surface area contributed by atoms with Gasteiger partial charge in [0.2, 0.25) is 0 Å². The van der Waals surface area contributed by atoms with Crippen molar-refractivity contribution in [1.82, 2.24) is 15.1 Å². The summed E-state index contributed by atoms with van der Waals surface area (Å²) in [6, 6.07) is 4.02. The Hall–Kier alpha value is -2.70. The van der Waals surface area contributed by atoms with Crippen LogP contribution in [0.1, 0.15) is 68.1 Å². The van der Waals surface area contributed by atoms with E-state index in [-0.39, 0.29) is 40.3 Å². The Morgan fingerprint density at radius 3 is 2.33 bits per heavy atom. The molecule has 0 bridgehead atoms. The predicted octanol–water partition coefficient (Wildman–Crippen LogP) is 5.94. The van der Waals surface area contributed by atoms with Crippen LogP contribution in [-0.2, 0) is 22.8 Å². The molecule has 0 atom stereocenters. The number of aryl methyl sites for hydroxylation is 1. The van der Waals surface area contributed by atoms with Crippen molar-refractivity contribution in [2.45, 2.75) is 84.4 Å². The fourth-order valence-electron chi connectivity index (χ4n) is 5.10. The van der Waals surface area contributed by atoms with E-state index in [2.05, 4.69) is 10.4 Å². The summed E-state index contributed by atoms with van der Waals surface area (Å²) in [5.74, 6) is -0.650. The zero-order chi connectivity index (χ0) is 30.0. The van der Waals surface area contributed by atoms with E-state index in [1.165, 1.54) is 29.1 Å². The van der Waals surface area contributed by atoms with Crippen molar-refractivity contribution in [1.29, 1.82) is 0 Å². The van der Waals surface area contributed by atoms with Gasteiger partial charge in [-0.25, -0.2) is 8.42 Å². The third kappa shape index (κ3) is 7.32. The predicted molar refractivity (Wildman–Crippen MR) is 141 cm³/mol. The number of halogens is 5. The highest BCUT2D eigenvalue weighted by molar-refractivity contribution is 7.91. The van der Waals surface area contributed by atoms with Crippen molar-refractivity contribution in [3.8, 4) is 17.0 Å². The van der Waals surface area contributed by atoms with Crippen LogP contribution >= 0.6 is 0 Å². The van der Waals surface area contributed by atoms with Crippen LogP contribution in [0.15, 0.2) is 18.2 Å². The first kappa shape index (κ1) is 31.8. The molecule has 13 heteroatoms. The first-order valence-corrected chi connectivity index (χ1v) is 15.1. The van der Waals surface area contributed by atoms with Gasteiger partial charge in [-0.15, -0.1) is 0 Å². The molecule has 1 aliphatic rings.